The van der Waals surface area contributed by atoms with Gasteiger partial charge in [0.1, 0.15) is 0 Å². The molecule has 7 nitrogen and oxygen atoms in total. The van der Waals surface area contributed by atoms with Gasteiger partial charge in [-0.15, -0.1) is 0 Å². The molecule has 1 aliphatic rings. The summed E-state index contributed by atoms with van der Waals surface area (Å²) in [4.78, 5) is 37.6. The maximum atomic E-state index is 12.4. The fraction of sp³-hybridized carbons (Fsp3) is 0.292. The molecule has 31 heavy (non-hydrogen) atoms. The minimum Gasteiger partial charge on any atom is -0.366 e. The summed E-state index contributed by atoms with van der Waals surface area (Å²) in [7, 11) is 0. The normalized spacial score (nSPS) is 13.2. The van der Waals surface area contributed by atoms with E-state index in [-0.39, 0.29) is 23.7 Å². The van der Waals surface area contributed by atoms with Crippen LogP contribution in [-0.2, 0) is 17.8 Å². The van der Waals surface area contributed by atoms with Gasteiger partial charge >= 0.3 is 0 Å². The van der Waals surface area contributed by atoms with Crippen molar-refractivity contribution in [1.82, 2.24) is 9.58 Å². The molecule has 2 heterocycles. The van der Waals surface area contributed by atoms with Gasteiger partial charge in [-0.25, -0.2) is 4.68 Å². The van der Waals surface area contributed by atoms with Gasteiger partial charge in [-0.05, 0) is 24.5 Å². The van der Waals surface area contributed by atoms with E-state index in [1.165, 1.54) is 18.4 Å². The number of amides is 2. The predicted octanol–water partition coefficient (Wildman–Crippen LogP) is 2.58. The van der Waals surface area contributed by atoms with Crippen molar-refractivity contribution in [3.05, 3.63) is 81.8 Å². The van der Waals surface area contributed by atoms with E-state index in [1.54, 1.807) is 29.2 Å². The third-order valence-corrected chi connectivity index (χ3v) is 5.36. The maximum absolute atomic E-state index is 12.4. The highest BCUT2D eigenvalue weighted by molar-refractivity contribution is 6.07. The lowest BCUT2D eigenvalue weighted by molar-refractivity contribution is -0.128. The second kappa shape index (κ2) is 9.93. The highest BCUT2D eigenvalue weighted by Crippen LogP contribution is 2.21. The van der Waals surface area contributed by atoms with E-state index in [2.05, 4.69) is 37.3 Å². The molecular formula is C24H28N4O3. The summed E-state index contributed by atoms with van der Waals surface area (Å²) in [6.07, 6.45) is 3.67. The van der Waals surface area contributed by atoms with Crippen LogP contribution in [-0.4, -0.2) is 27.9 Å². The highest BCUT2D eigenvalue weighted by Gasteiger charge is 2.25. The van der Waals surface area contributed by atoms with E-state index >= 15 is 0 Å². The number of benzene rings is 2. The summed E-state index contributed by atoms with van der Waals surface area (Å²) >= 11 is 0. The number of primary amides is 1. The van der Waals surface area contributed by atoms with Crippen LogP contribution in [0, 0.1) is 0 Å². The number of pyridine rings is 1. The highest BCUT2D eigenvalue weighted by atomic mass is 16.2. The molecule has 0 aliphatic carbocycles. The molecule has 3 aromatic rings. The number of carbonyl (C=O) groups excluding carboxylic acids is 2. The Hall–Kier alpha value is -3.61. The van der Waals surface area contributed by atoms with Gasteiger partial charge in [-0.3, -0.25) is 14.4 Å². The first-order chi connectivity index (χ1) is 14.9. The summed E-state index contributed by atoms with van der Waals surface area (Å²) < 4.78 is 0.925. The number of carbonyl (C=O) groups is 2. The summed E-state index contributed by atoms with van der Waals surface area (Å²) in [5.74, 6) is 5.18. The van der Waals surface area contributed by atoms with Crippen molar-refractivity contribution < 1.29 is 9.59 Å². The van der Waals surface area contributed by atoms with Crippen LogP contribution < -0.4 is 17.1 Å². The van der Waals surface area contributed by atoms with Gasteiger partial charge in [0.05, 0.1) is 17.8 Å². The number of hydrogen-bond donors (Lipinski definition) is 2. The quantitative estimate of drug-likeness (QED) is 0.618. The monoisotopic (exact) mass is 420 g/mol. The Morgan fingerprint density at radius 1 is 1.00 bits per heavy atom. The van der Waals surface area contributed by atoms with E-state index < -0.39 is 11.5 Å². The van der Waals surface area contributed by atoms with Gasteiger partial charge < -0.3 is 16.5 Å². The Labute approximate surface area is 181 Å². The lowest BCUT2D eigenvalue weighted by atomic mass is 10.0. The summed E-state index contributed by atoms with van der Waals surface area (Å²) in [6.45, 7) is 2.89. The van der Waals surface area contributed by atoms with Crippen LogP contribution in [0.1, 0.15) is 47.8 Å². The van der Waals surface area contributed by atoms with Crippen LogP contribution in [0.2, 0.25) is 0 Å². The van der Waals surface area contributed by atoms with Crippen LogP contribution in [0.15, 0.2) is 59.4 Å². The van der Waals surface area contributed by atoms with Crippen molar-refractivity contribution in [2.75, 3.05) is 12.4 Å². The molecule has 0 saturated carbocycles. The lowest BCUT2D eigenvalue weighted by Crippen LogP contribution is -2.37. The molecule has 1 saturated heterocycles. The molecule has 0 radical (unpaired) electrons. The number of nitrogens with two attached hydrogens (primary N) is 2. The molecular weight excluding hydrogens is 392 g/mol. The third-order valence-electron chi connectivity index (χ3n) is 5.36. The Bertz CT molecular complexity index is 1140. The standard InChI is InChI=1S/C15H16N4O3.C9H12/c16-14(21)13-9-4-1-2-5-10(9)15(22)19(17)11(13)8-18-7-3-6-12(18)20;1-2-6-9-7-4-3-5-8-9/h1-2,4-5H,3,6-8,17H2,(H2,16,21);3-5,7-8H,2,6H2,1H3. The topological polar surface area (TPSA) is 111 Å². The Kier molecular flexibility index (Phi) is 7.07. The molecule has 1 aromatic heterocycles. The van der Waals surface area contributed by atoms with Gasteiger partial charge in [0.15, 0.2) is 0 Å². The van der Waals surface area contributed by atoms with Gasteiger partial charge in [-0.2, -0.15) is 0 Å². The molecule has 0 spiro atoms. The summed E-state index contributed by atoms with van der Waals surface area (Å²) in [5, 5.41) is 0.790. The van der Waals surface area contributed by atoms with E-state index in [9.17, 15) is 14.4 Å². The van der Waals surface area contributed by atoms with Crippen LogP contribution in [0.4, 0.5) is 0 Å². The minimum absolute atomic E-state index is 0.0176. The Balaban J connectivity index is 0.000000254. The number of rotatable bonds is 5. The smallest absolute Gasteiger partial charge is 0.276 e. The van der Waals surface area contributed by atoms with Crippen molar-refractivity contribution in [3.63, 3.8) is 0 Å². The van der Waals surface area contributed by atoms with Gasteiger partial charge in [0.25, 0.3) is 11.5 Å². The van der Waals surface area contributed by atoms with E-state index in [0.717, 1.165) is 11.1 Å². The van der Waals surface area contributed by atoms with Crippen LogP contribution in [0.5, 0.6) is 0 Å². The zero-order chi connectivity index (χ0) is 22.4. The molecule has 1 aliphatic heterocycles. The summed E-state index contributed by atoms with van der Waals surface area (Å²) in [5.41, 5.74) is 6.99. The number of hydrogen-bond acceptors (Lipinski definition) is 4. The van der Waals surface area contributed by atoms with Crippen molar-refractivity contribution in [2.45, 2.75) is 39.2 Å². The van der Waals surface area contributed by atoms with E-state index in [0.29, 0.717) is 23.7 Å². The molecule has 1 fully saturated rings. The maximum Gasteiger partial charge on any atom is 0.276 e. The number of nitrogens with zero attached hydrogens (tertiary/aromatic N) is 2. The second-order valence-electron chi connectivity index (χ2n) is 7.56. The number of fused-ring (bicyclic) bond motifs is 1. The number of aryl methyl sites for hydroxylation is 1. The molecule has 0 unspecified atom stereocenters. The predicted molar refractivity (Wildman–Crippen MR) is 122 cm³/mol. The van der Waals surface area contributed by atoms with E-state index in [1.807, 2.05) is 0 Å². The van der Waals surface area contributed by atoms with Crippen molar-refractivity contribution in [2.24, 2.45) is 5.73 Å². The molecule has 0 bridgehead atoms. The zero-order valence-electron chi connectivity index (χ0n) is 17.7. The fourth-order valence-corrected chi connectivity index (χ4v) is 3.83. The first kappa shape index (κ1) is 22.1. The molecule has 4 rings (SSSR count). The van der Waals surface area contributed by atoms with Crippen LogP contribution in [0.3, 0.4) is 0 Å². The molecule has 0 atom stereocenters. The summed E-state index contributed by atoms with van der Waals surface area (Å²) in [6, 6.07) is 17.2. The first-order valence-corrected chi connectivity index (χ1v) is 10.5. The van der Waals surface area contributed by atoms with Gasteiger partial charge in [-0.1, -0.05) is 61.9 Å². The molecule has 2 amide bonds. The van der Waals surface area contributed by atoms with Crippen molar-refractivity contribution >= 4 is 22.6 Å². The number of aromatic nitrogens is 1. The van der Waals surface area contributed by atoms with Crippen molar-refractivity contribution in [3.8, 4) is 0 Å². The van der Waals surface area contributed by atoms with Gasteiger partial charge in [0.2, 0.25) is 5.91 Å². The Morgan fingerprint density at radius 2 is 1.65 bits per heavy atom. The molecule has 162 valence electrons. The minimum atomic E-state index is -0.669. The first-order valence-electron chi connectivity index (χ1n) is 10.5. The number of likely N-dealkylation sites (tertiary alicyclic amines) is 1. The molecule has 2 aromatic carbocycles. The second-order valence-corrected chi connectivity index (χ2v) is 7.56. The lowest BCUT2D eigenvalue weighted by Gasteiger charge is -2.20. The Morgan fingerprint density at radius 3 is 2.23 bits per heavy atom. The largest absolute Gasteiger partial charge is 0.366 e. The van der Waals surface area contributed by atoms with Crippen LogP contribution in [0.25, 0.3) is 10.8 Å². The van der Waals surface area contributed by atoms with Crippen molar-refractivity contribution in [1.29, 1.82) is 0 Å². The van der Waals surface area contributed by atoms with Gasteiger partial charge in [0, 0.05) is 23.7 Å². The van der Waals surface area contributed by atoms with Crippen LogP contribution >= 0.6 is 0 Å². The third kappa shape index (κ3) is 4.94. The average molecular weight is 421 g/mol. The fourth-order valence-electron chi connectivity index (χ4n) is 3.83. The number of nitrogen functional groups attached to an aromatic ring is 1. The SMILES string of the molecule is CCCc1ccccc1.NC(=O)c1c(CN2CCCC2=O)n(N)c(=O)c2ccccc12. The van der Waals surface area contributed by atoms with E-state index in [4.69, 9.17) is 11.6 Å². The molecule has 4 N–H and O–H groups in total. The molecule has 7 heteroatoms. The zero-order valence-corrected chi connectivity index (χ0v) is 17.7. The average Bonchev–Trinajstić information content (AvgIpc) is 3.17.